The van der Waals surface area contributed by atoms with Crippen molar-refractivity contribution in [1.29, 1.82) is 0 Å². The maximum Gasteiger partial charge on any atom is 0.335 e. The van der Waals surface area contributed by atoms with E-state index in [4.69, 9.17) is 4.74 Å². The lowest BCUT2D eigenvalue weighted by atomic mass is 10.00. The van der Waals surface area contributed by atoms with Crippen molar-refractivity contribution in [3.63, 3.8) is 0 Å². The molecule has 0 spiro atoms. The van der Waals surface area contributed by atoms with E-state index in [9.17, 15) is 9.90 Å². The zero-order valence-corrected chi connectivity index (χ0v) is 16.9. The number of fused-ring (bicyclic) bond motifs is 2. The zero-order valence-electron chi connectivity index (χ0n) is 16.9. The first kappa shape index (κ1) is 19.3. The first-order chi connectivity index (χ1) is 15.2. The van der Waals surface area contributed by atoms with Gasteiger partial charge in [-0.15, -0.1) is 0 Å². The first-order valence-corrected chi connectivity index (χ1v) is 10.2. The molecule has 1 aliphatic rings. The van der Waals surface area contributed by atoms with E-state index in [0.717, 1.165) is 42.0 Å². The highest BCUT2D eigenvalue weighted by atomic mass is 16.5. The van der Waals surface area contributed by atoms with E-state index in [0.29, 0.717) is 13.3 Å². The fourth-order valence-electron chi connectivity index (χ4n) is 3.96. The van der Waals surface area contributed by atoms with Crippen molar-refractivity contribution in [1.82, 2.24) is 19.4 Å². The second kappa shape index (κ2) is 8.20. The van der Waals surface area contributed by atoms with E-state index in [2.05, 4.69) is 27.0 Å². The summed E-state index contributed by atoms with van der Waals surface area (Å²) < 4.78 is 7.95. The predicted octanol–water partition coefficient (Wildman–Crippen LogP) is 3.72. The van der Waals surface area contributed by atoms with Crippen molar-refractivity contribution in [3.8, 4) is 5.75 Å². The van der Waals surface area contributed by atoms with Gasteiger partial charge in [-0.25, -0.2) is 9.78 Å². The number of carboxylic acid groups (broad SMARTS) is 1. The average Bonchev–Trinajstić information content (AvgIpc) is 3.20. The molecule has 0 aliphatic carbocycles. The summed E-state index contributed by atoms with van der Waals surface area (Å²) in [5.74, 6) is -0.0924. The van der Waals surface area contributed by atoms with Crippen LogP contribution in [0.4, 0.5) is 0 Å². The standard InChI is InChI=1S/C24H22N4O3/c29-24(30)18-5-7-22-23(12-18)28(15-26-22)16-27-10-8-17-4-6-21(11-19(17)13-27)31-14-20-3-1-2-9-25-20/h1-7,9,11-12,15H,8,10,13-14,16H2,(H,29,30). The number of hydrogen-bond donors (Lipinski definition) is 1. The van der Waals surface area contributed by atoms with Gasteiger partial charge < -0.3 is 14.4 Å². The van der Waals surface area contributed by atoms with E-state index in [-0.39, 0.29) is 5.56 Å². The number of aromatic carboxylic acids is 1. The molecule has 0 fully saturated rings. The molecule has 0 bridgehead atoms. The fourth-order valence-corrected chi connectivity index (χ4v) is 3.96. The second-order valence-corrected chi connectivity index (χ2v) is 7.71. The van der Waals surface area contributed by atoms with Gasteiger partial charge in [0.25, 0.3) is 0 Å². The highest BCUT2D eigenvalue weighted by molar-refractivity contribution is 5.92. The molecule has 156 valence electrons. The minimum absolute atomic E-state index is 0.271. The maximum atomic E-state index is 11.3. The van der Waals surface area contributed by atoms with Gasteiger partial charge in [0.15, 0.2) is 0 Å². The zero-order chi connectivity index (χ0) is 21.2. The van der Waals surface area contributed by atoms with Crippen molar-refractivity contribution < 1.29 is 14.6 Å². The molecule has 0 amide bonds. The molecule has 0 saturated heterocycles. The fraction of sp³-hybridized carbons (Fsp3) is 0.208. The molecule has 1 aliphatic heterocycles. The van der Waals surface area contributed by atoms with E-state index >= 15 is 0 Å². The normalized spacial score (nSPS) is 13.8. The van der Waals surface area contributed by atoms with Gasteiger partial charge in [-0.2, -0.15) is 0 Å². The van der Waals surface area contributed by atoms with E-state index in [1.165, 1.54) is 11.1 Å². The summed E-state index contributed by atoms with van der Waals surface area (Å²) in [6, 6.07) is 17.1. The second-order valence-electron chi connectivity index (χ2n) is 7.71. The third-order valence-electron chi connectivity index (χ3n) is 5.60. The molecule has 2 aromatic heterocycles. The molecular weight excluding hydrogens is 392 g/mol. The van der Waals surface area contributed by atoms with Crippen LogP contribution in [-0.2, 0) is 26.2 Å². The third-order valence-corrected chi connectivity index (χ3v) is 5.60. The summed E-state index contributed by atoms with van der Waals surface area (Å²) in [6.45, 7) is 2.82. The molecular formula is C24H22N4O3. The van der Waals surface area contributed by atoms with Crippen molar-refractivity contribution in [2.75, 3.05) is 6.54 Å². The minimum Gasteiger partial charge on any atom is -0.487 e. The van der Waals surface area contributed by atoms with E-state index in [1.54, 1.807) is 30.7 Å². The van der Waals surface area contributed by atoms with Gasteiger partial charge in [-0.1, -0.05) is 12.1 Å². The van der Waals surface area contributed by atoms with Crippen LogP contribution in [0.3, 0.4) is 0 Å². The Morgan fingerprint density at radius 2 is 2.00 bits per heavy atom. The van der Waals surface area contributed by atoms with Crippen molar-refractivity contribution in [3.05, 3.63) is 89.5 Å². The van der Waals surface area contributed by atoms with Crippen LogP contribution in [0, 0.1) is 0 Å². The number of benzene rings is 2. The highest BCUT2D eigenvalue weighted by Gasteiger charge is 2.18. The number of aromatic nitrogens is 3. The molecule has 2 aromatic carbocycles. The van der Waals surface area contributed by atoms with Gasteiger partial charge in [-0.05, 0) is 60.0 Å². The quantitative estimate of drug-likeness (QED) is 0.518. The number of carboxylic acids is 1. The van der Waals surface area contributed by atoms with Crippen LogP contribution in [0.15, 0.2) is 67.1 Å². The number of imidazole rings is 1. The van der Waals surface area contributed by atoms with Crippen LogP contribution in [-0.4, -0.2) is 37.1 Å². The Kier molecular flexibility index (Phi) is 5.09. The summed E-state index contributed by atoms with van der Waals surface area (Å²) >= 11 is 0. The Morgan fingerprint density at radius 3 is 2.84 bits per heavy atom. The molecule has 0 unspecified atom stereocenters. The highest BCUT2D eigenvalue weighted by Crippen LogP contribution is 2.25. The molecule has 0 saturated carbocycles. The maximum absolute atomic E-state index is 11.3. The first-order valence-electron chi connectivity index (χ1n) is 10.2. The molecule has 31 heavy (non-hydrogen) atoms. The number of hydrogen-bond acceptors (Lipinski definition) is 5. The number of rotatable bonds is 6. The van der Waals surface area contributed by atoms with E-state index < -0.39 is 5.97 Å². The molecule has 0 radical (unpaired) electrons. The van der Waals surface area contributed by atoms with Crippen LogP contribution in [0.5, 0.6) is 5.75 Å². The number of pyridine rings is 1. The Labute approximate surface area is 179 Å². The summed E-state index contributed by atoms with van der Waals surface area (Å²) in [4.78, 5) is 22.4. The van der Waals surface area contributed by atoms with Gasteiger partial charge in [0.1, 0.15) is 12.4 Å². The summed E-state index contributed by atoms with van der Waals surface area (Å²) in [6.07, 6.45) is 4.50. The molecule has 3 heterocycles. The molecule has 4 aromatic rings. The smallest absolute Gasteiger partial charge is 0.335 e. The number of ether oxygens (including phenoxy) is 1. The summed E-state index contributed by atoms with van der Waals surface area (Å²) in [5.41, 5.74) is 5.39. The lowest BCUT2D eigenvalue weighted by Crippen LogP contribution is -2.32. The predicted molar refractivity (Wildman–Crippen MR) is 116 cm³/mol. The van der Waals surface area contributed by atoms with Gasteiger partial charge >= 0.3 is 5.97 Å². The van der Waals surface area contributed by atoms with Gasteiger partial charge in [-0.3, -0.25) is 9.88 Å². The number of carbonyl (C=O) groups is 1. The molecule has 1 N–H and O–H groups in total. The van der Waals surface area contributed by atoms with Gasteiger partial charge in [0.05, 0.1) is 35.3 Å². The summed E-state index contributed by atoms with van der Waals surface area (Å²) in [7, 11) is 0. The molecule has 5 rings (SSSR count). The Bertz CT molecular complexity index is 1240. The molecule has 7 heteroatoms. The third kappa shape index (κ3) is 4.13. The Hall–Kier alpha value is -3.71. The van der Waals surface area contributed by atoms with Crippen molar-refractivity contribution in [2.24, 2.45) is 0 Å². The summed E-state index contributed by atoms with van der Waals surface area (Å²) in [5, 5.41) is 9.29. The van der Waals surface area contributed by atoms with Crippen molar-refractivity contribution >= 4 is 17.0 Å². The number of nitrogens with zero attached hydrogens (tertiary/aromatic N) is 4. The van der Waals surface area contributed by atoms with Crippen molar-refractivity contribution in [2.45, 2.75) is 26.2 Å². The molecule has 0 atom stereocenters. The SMILES string of the molecule is O=C(O)c1ccc2ncn(CN3CCc4ccc(OCc5ccccn5)cc4C3)c2c1. The van der Waals surface area contributed by atoms with Crippen LogP contribution in [0.25, 0.3) is 11.0 Å². The van der Waals surface area contributed by atoms with Gasteiger partial charge in [0.2, 0.25) is 0 Å². The van der Waals surface area contributed by atoms with Crippen LogP contribution < -0.4 is 4.74 Å². The largest absolute Gasteiger partial charge is 0.487 e. The average molecular weight is 414 g/mol. The monoisotopic (exact) mass is 414 g/mol. The lowest BCUT2D eigenvalue weighted by Gasteiger charge is -2.29. The van der Waals surface area contributed by atoms with Crippen LogP contribution >= 0.6 is 0 Å². The van der Waals surface area contributed by atoms with Gasteiger partial charge in [0, 0.05) is 19.3 Å². The van der Waals surface area contributed by atoms with Crippen LogP contribution in [0.1, 0.15) is 27.2 Å². The minimum atomic E-state index is -0.931. The molecule has 7 nitrogen and oxygen atoms in total. The lowest BCUT2D eigenvalue weighted by molar-refractivity contribution is 0.0697. The van der Waals surface area contributed by atoms with Crippen LogP contribution in [0.2, 0.25) is 0 Å². The Morgan fingerprint density at radius 1 is 1.06 bits per heavy atom. The Balaban J connectivity index is 1.30. The topological polar surface area (TPSA) is 80.5 Å². The van der Waals surface area contributed by atoms with E-state index in [1.807, 2.05) is 28.8 Å².